The molecule has 0 saturated carbocycles. The summed E-state index contributed by atoms with van der Waals surface area (Å²) >= 11 is 0. The van der Waals surface area contributed by atoms with Gasteiger partial charge in [-0.05, 0) is 12.8 Å². The van der Waals surface area contributed by atoms with Gasteiger partial charge in [0.1, 0.15) is 6.10 Å². The average Bonchev–Trinajstić information content (AvgIpc) is 2.74. The number of amides is 1. The van der Waals surface area contributed by atoms with Gasteiger partial charge in [-0.1, -0.05) is 0 Å². The number of rotatable bonds is 5. The zero-order valence-electron chi connectivity index (χ0n) is 9.51. The van der Waals surface area contributed by atoms with Crippen LogP contribution in [0.3, 0.4) is 0 Å². The maximum Gasteiger partial charge on any atom is 0.332 e. The van der Waals surface area contributed by atoms with E-state index in [1.807, 2.05) is 0 Å². The first-order valence-electron chi connectivity index (χ1n) is 5.18. The van der Waals surface area contributed by atoms with Crippen molar-refractivity contribution in [2.75, 3.05) is 27.3 Å². The highest BCUT2D eigenvalue weighted by Gasteiger charge is 2.35. The van der Waals surface area contributed by atoms with Gasteiger partial charge in [-0.15, -0.1) is 0 Å². The summed E-state index contributed by atoms with van der Waals surface area (Å²) in [5, 5.41) is 8.72. The molecule has 0 spiro atoms. The van der Waals surface area contributed by atoms with Crippen LogP contribution in [0.4, 0.5) is 0 Å². The highest BCUT2D eigenvalue weighted by Crippen LogP contribution is 2.21. The third-order valence-corrected chi connectivity index (χ3v) is 2.58. The first-order valence-corrected chi connectivity index (χ1v) is 5.18. The van der Waals surface area contributed by atoms with Crippen LogP contribution in [-0.2, 0) is 19.1 Å². The van der Waals surface area contributed by atoms with Crippen LogP contribution in [0.2, 0.25) is 0 Å². The number of carboxylic acids is 1. The average molecular weight is 231 g/mol. The molecular weight excluding hydrogens is 214 g/mol. The largest absolute Gasteiger partial charge is 0.479 e. The van der Waals surface area contributed by atoms with Crippen LogP contribution < -0.4 is 0 Å². The van der Waals surface area contributed by atoms with Crippen molar-refractivity contribution < 1.29 is 24.2 Å². The Kier molecular flexibility index (Phi) is 4.70. The number of nitrogens with zero attached hydrogens (tertiary/aromatic N) is 1. The molecule has 2 unspecified atom stereocenters. The first-order chi connectivity index (χ1) is 7.56. The predicted octanol–water partition coefficient (Wildman–Crippen LogP) is -0.277. The molecule has 1 N–H and O–H groups in total. The van der Waals surface area contributed by atoms with Crippen molar-refractivity contribution in [3.8, 4) is 0 Å². The van der Waals surface area contributed by atoms with Gasteiger partial charge in [-0.25, -0.2) is 4.79 Å². The topological polar surface area (TPSA) is 76.1 Å². The summed E-state index contributed by atoms with van der Waals surface area (Å²) in [6.45, 7) is 0.935. The van der Waals surface area contributed by atoms with Crippen LogP contribution in [-0.4, -0.2) is 61.4 Å². The van der Waals surface area contributed by atoms with E-state index in [0.29, 0.717) is 26.0 Å². The van der Waals surface area contributed by atoms with Crippen molar-refractivity contribution in [1.82, 2.24) is 4.90 Å². The molecule has 0 aromatic heterocycles. The third kappa shape index (κ3) is 3.18. The fraction of sp³-hybridized carbons (Fsp3) is 0.800. The molecule has 0 aromatic carbocycles. The van der Waals surface area contributed by atoms with Crippen molar-refractivity contribution in [3.63, 3.8) is 0 Å². The summed E-state index contributed by atoms with van der Waals surface area (Å²) in [5.74, 6) is -1.18. The summed E-state index contributed by atoms with van der Waals surface area (Å²) in [7, 11) is 3.21. The number of hydrogen-bond donors (Lipinski definition) is 1. The van der Waals surface area contributed by atoms with Crippen LogP contribution in [0.5, 0.6) is 0 Å². The van der Waals surface area contributed by atoms with E-state index < -0.39 is 18.2 Å². The Balaban J connectivity index is 2.41. The van der Waals surface area contributed by atoms with E-state index >= 15 is 0 Å². The zero-order chi connectivity index (χ0) is 12.1. The lowest BCUT2D eigenvalue weighted by atomic mass is 10.2. The maximum absolute atomic E-state index is 11.8. The second kappa shape index (κ2) is 5.81. The summed E-state index contributed by atoms with van der Waals surface area (Å²) in [4.78, 5) is 23.9. The van der Waals surface area contributed by atoms with Crippen molar-refractivity contribution in [2.45, 2.75) is 25.0 Å². The van der Waals surface area contributed by atoms with Crippen LogP contribution in [0.1, 0.15) is 12.8 Å². The molecule has 1 aliphatic rings. The summed E-state index contributed by atoms with van der Waals surface area (Å²) in [5.41, 5.74) is 0. The van der Waals surface area contributed by atoms with E-state index in [4.69, 9.17) is 14.6 Å². The number of carbonyl (C=O) groups excluding carboxylic acids is 1. The fourth-order valence-corrected chi connectivity index (χ4v) is 1.58. The molecular formula is C10H17NO5. The molecule has 6 heteroatoms. The second-order valence-corrected chi connectivity index (χ2v) is 3.78. The Morgan fingerprint density at radius 3 is 2.56 bits per heavy atom. The van der Waals surface area contributed by atoms with E-state index in [1.54, 1.807) is 14.2 Å². The van der Waals surface area contributed by atoms with Gasteiger partial charge in [0.2, 0.25) is 0 Å². The lowest BCUT2D eigenvalue weighted by molar-refractivity contribution is -0.154. The Morgan fingerprint density at radius 2 is 2.06 bits per heavy atom. The monoisotopic (exact) mass is 231 g/mol. The fourth-order valence-electron chi connectivity index (χ4n) is 1.58. The maximum atomic E-state index is 11.8. The molecule has 16 heavy (non-hydrogen) atoms. The molecule has 6 nitrogen and oxygen atoms in total. The van der Waals surface area contributed by atoms with E-state index in [1.165, 1.54) is 4.90 Å². The van der Waals surface area contributed by atoms with Gasteiger partial charge in [0, 0.05) is 20.7 Å². The van der Waals surface area contributed by atoms with Gasteiger partial charge < -0.3 is 19.5 Å². The van der Waals surface area contributed by atoms with E-state index in [2.05, 4.69) is 0 Å². The molecule has 1 rings (SSSR count). The quantitative estimate of drug-likeness (QED) is 0.704. The smallest absolute Gasteiger partial charge is 0.332 e. The first kappa shape index (κ1) is 12.9. The molecule has 92 valence electrons. The Labute approximate surface area is 94.1 Å². The van der Waals surface area contributed by atoms with Crippen LogP contribution in [0, 0.1) is 0 Å². The minimum atomic E-state index is -1.00. The molecule has 1 aliphatic heterocycles. The number of methoxy groups -OCH3 is 1. The van der Waals surface area contributed by atoms with Gasteiger partial charge in [0.15, 0.2) is 6.10 Å². The Morgan fingerprint density at radius 1 is 1.44 bits per heavy atom. The molecule has 1 saturated heterocycles. The number of aliphatic carboxylic acids is 1. The van der Waals surface area contributed by atoms with E-state index in [9.17, 15) is 9.59 Å². The van der Waals surface area contributed by atoms with Gasteiger partial charge >= 0.3 is 5.97 Å². The van der Waals surface area contributed by atoms with Crippen LogP contribution in [0.25, 0.3) is 0 Å². The van der Waals surface area contributed by atoms with Crippen molar-refractivity contribution in [3.05, 3.63) is 0 Å². The highest BCUT2D eigenvalue weighted by atomic mass is 16.5. The second-order valence-electron chi connectivity index (χ2n) is 3.78. The molecule has 0 radical (unpaired) electrons. The van der Waals surface area contributed by atoms with Crippen molar-refractivity contribution in [1.29, 1.82) is 0 Å². The van der Waals surface area contributed by atoms with Crippen LogP contribution in [0.15, 0.2) is 0 Å². The minimum absolute atomic E-state index is 0.180. The van der Waals surface area contributed by atoms with Crippen LogP contribution >= 0.6 is 0 Å². The van der Waals surface area contributed by atoms with Gasteiger partial charge in [-0.3, -0.25) is 4.79 Å². The van der Waals surface area contributed by atoms with Gasteiger partial charge in [-0.2, -0.15) is 0 Å². The molecule has 1 fully saturated rings. The lowest BCUT2D eigenvalue weighted by Crippen LogP contribution is -2.38. The molecule has 2 atom stereocenters. The number of carbonyl (C=O) groups is 2. The number of carboxylic acid groups (broad SMARTS) is 1. The van der Waals surface area contributed by atoms with Gasteiger partial charge in [0.25, 0.3) is 5.91 Å². The minimum Gasteiger partial charge on any atom is -0.479 e. The Hall–Kier alpha value is -1.14. The molecule has 0 bridgehead atoms. The standard InChI is InChI=1S/C10H17NO5/c1-11(5-6-15-2)9(12)7-3-4-8(16-7)10(13)14/h7-8H,3-6H2,1-2H3,(H,13,14). The summed E-state index contributed by atoms with van der Waals surface area (Å²) in [6, 6.07) is 0. The van der Waals surface area contributed by atoms with E-state index in [0.717, 1.165) is 0 Å². The predicted molar refractivity (Wildman–Crippen MR) is 55.0 cm³/mol. The van der Waals surface area contributed by atoms with Crippen molar-refractivity contribution in [2.24, 2.45) is 0 Å². The van der Waals surface area contributed by atoms with E-state index in [-0.39, 0.29) is 5.91 Å². The molecule has 0 aliphatic carbocycles. The van der Waals surface area contributed by atoms with Gasteiger partial charge in [0.05, 0.1) is 6.61 Å². The highest BCUT2D eigenvalue weighted by molar-refractivity contribution is 5.82. The SMILES string of the molecule is COCCN(C)C(=O)C1CCC(C(=O)O)O1. The zero-order valence-corrected chi connectivity index (χ0v) is 9.51. The molecule has 1 heterocycles. The number of likely N-dealkylation sites (N-methyl/N-ethyl adjacent to an activating group) is 1. The molecule has 1 amide bonds. The third-order valence-electron chi connectivity index (χ3n) is 2.58. The normalized spacial score (nSPS) is 24.4. The number of ether oxygens (including phenoxy) is 2. The van der Waals surface area contributed by atoms with Crippen molar-refractivity contribution >= 4 is 11.9 Å². The lowest BCUT2D eigenvalue weighted by Gasteiger charge is -2.20. The Bertz CT molecular complexity index is 268. The number of hydrogen-bond acceptors (Lipinski definition) is 4. The summed E-state index contributed by atoms with van der Waals surface area (Å²) < 4.78 is 10.0. The molecule has 0 aromatic rings. The summed E-state index contributed by atoms with van der Waals surface area (Å²) in [6.07, 6.45) is -0.607.